The smallest absolute Gasteiger partial charge is 0.146 e. The molecule has 0 aliphatic heterocycles. The van der Waals surface area contributed by atoms with Crippen LogP contribution in [0.5, 0.6) is 5.75 Å². The summed E-state index contributed by atoms with van der Waals surface area (Å²) in [5.41, 5.74) is 4.44. The number of nitrogens with zero attached hydrogens (tertiary/aromatic N) is 3. The molecule has 2 aromatic carbocycles. The second-order valence-corrected chi connectivity index (χ2v) is 6.09. The van der Waals surface area contributed by atoms with E-state index in [0.29, 0.717) is 17.4 Å². The van der Waals surface area contributed by atoms with Gasteiger partial charge < -0.3 is 5.11 Å². The summed E-state index contributed by atoms with van der Waals surface area (Å²) in [5.74, 6) is 0.667. The second-order valence-electron chi connectivity index (χ2n) is 6.09. The number of aryl methyl sites for hydroxylation is 1. The molecule has 0 fully saturated rings. The van der Waals surface area contributed by atoms with E-state index in [1.165, 1.54) is 0 Å². The van der Waals surface area contributed by atoms with Gasteiger partial charge in [0.25, 0.3) is 0 Å². The second kappa shape index (κ2) is 6.41. The molecule has 120 valence electrons. The van der Waals surface area contributed by atoms with Gasteiger partial charge in [-0.05, 0) is 55.0 Å². The van der Waals surface area contributed by atoms with Crippen LogP contribution in [0.3, 0.4) is 0 Å². The monoisotopic (exact) mass is 309 g/mol. The first-order valence-corrected chi connectivity index (χ1v) is 8.30. The first-order chi connectivity index (χ1) is 11.1. The summed E-state index contributed by atoms with van der Waals surface area (Å²) in [5, 5.41) is 19.8. The van der Waals surface area contributed by atoms with Gasteiger partial charge in [-0.15, -0.1) is 15.0 Å². The Hall–Kier alpha value is -2.36. The van der Waals surface area contributed by atoms with Crippen molar-refractivity contribution in [2.75, 3.05) is 0 Å². The Labute approximate surface area is 136 Å². The van der Waals surface area contributed by atoms with Crippen molar-refractivity contribution in [1.29, 1.82) is 0 Å². The molecule has 0 bridgehead atoms. The number of hydrogen-bond acceptors (Lipinski definition) is 3. The minimum atomic E-state index is 0.302. The Kier molecular flexibility index (Phi) is 4.33. The first kappa shape index (κ1) is 15.5. The Morgan fingerprint density at radius 1 is 1.09 bits per heavy atom. The summed E-state index contributed by atoms with van der Waals surface area (Å²) in [6.45, 7) is 6.40. The van der Waals surface area contributed by atoms with Crippen LogP contribution in [-0.2, 0) is 0 Å². The number of benzene rings is 2. The van der Waals surface area contributed by atoms with E-state index in [1.807, 2.05) is 37.3 Å². The Balaban J connectivity index is 2.13. The minimum Gasteiger partial charge on any atom is -0.505 e. The van der Waals surface area contributed by atoms with Crippen molar-refractivity contribution in [3.05, 3.63) is 47.5 Å². The van der Waals surface area contributed by atoms with Crippen LogP contribution in [-0.4, -0.2) is 20.1 Å². The molecular formula is C19H23N3O. The zero-order valence-electron chi connectivity index (χ0n) is 14.0. The summed E-state index contributed by atoms with van der Waals surface area (Å²) >= 11 is 0. The van der Waals surface area contributed by atoms with Crippen molar-refractivity contribution in [1.82, 2.24) is 15.0 Å². The normalized spacial score (nSPS) is 12.7. The molecule has 0 saturated heterocycles. The van der Waals surface area contributed by atoms with E-state index in [0.717, 1.165) is 41.4 Å². The molecule has 3 rings (SSSR count). The van der Waals surface area contributed by atoms with Crippen LogP contribution in [0.4, 0.5) is 0 Å². The topological polar surface area (TPSA) is 50.9 Å². The summed E-state index contributed by atoms with van der Waals surface area (Å²) in [7, 11) is 0. The molecule has 1 aromatic heterocycles. The van der Waals surface area contributed by atoms with Crippen LogP contribution in [0.25, 0.3) is 16.7 Å². The molecule has 0 saturated carbocycles. The molecule has 1 atom stereocenters. The first-order valence-electron chi connectivity index (χ1n) is 8.30. The quantitative estimate of drug-likeness (QED) is 0.741. The van der Waals surface area contributed by atoms with E-state index in [-0.39, 0.29) is 0 Å². The third-order valence-corrected chi connectivity index (χ3v) is 4.34. The van der Waals surface area contributed by atoms with Crippen molar-refractivity contribution in [3.8, 4) is 11.4 Å². The summed E-state index contributed by atoms with van der Waals surface area (Å²) in [4.78, 5) is 1.55. The molecule has 23 heavy (non-hydrogen) atoms. The Bertz CT molecular complexity index is 790. The van der Waals surface area contributed by atoms with Gasteiger partial charge in [-0.3, -0.25) is 0 Å². The van der Waals surface area contributed by atoms with Gasteiger partial charge >= 0.3 is 0 Å². The maximum absolute atomic E-state index is 10.8. The average Bonchev–Trinajstić information content (AvgIpc) is 2.98. The standard InChI is InChI=1S/C19H23N3O/c1-4-8-14(5-2)15-11-13(3)12-18(19(15)23)22-20-16-9-6-7-10-17(16)21-22/h6-7,9-12,14,23H,4-5,8H2,1-3H3. The van der Waals surface area contributed by atoms with Crippen LogP contribution in [0.15, 0.2) is 36.4 Å². The van der Waals surface area contributed by atoms with Gasteiger partial charge in [0.15, 0.2) is 0 Å². The SMILES string of the molecule is CCCC(CC)c1cc(C)cc(-n2nc3ccccc3n2)c1O. The number of phenols is 1. The Morgan fingerprint density at radius 2 is 1.74 bits per heavy atom. The number of fused-ring (bicyclic) bond motifs is 1. The lowest BCUT2D eigenvalue weighted by atomic mass is 9.90. The lowest BCUT2D eigenvalue weighted by molar-refractivity contribution is 0.447. The van der Waals surface area contributed by atoms with E-state index in [4.69, 9.17) is 0 Å². The fraction of sp³-hybridized carbons (Fsp3) is 0.368. The fourth-order valence-electron chi connectivity index (χ4n) is 3.15. The van der Waals surface area contributed by atoms with E-state index < -0.39 is 0 Å². The highest BCUT2D eigenvalue weighted by Crippen LogP contribution is 2.36. The lowest BCUT2D eigenvalue weighted by Crippen LogP contribution is -2.04. The van der Waals surface area contributed by atoms with Gasteiger partial charge in [0.05, 0.1) is 0 Å². The molecule has 1 N–H and O–H groups in total. The summed E-state index contributed by atoms with van der Waals surface area (Å²) < 4.78 is 0. The lowest BCUT2D eigenvalue weighted by Gasteiger charge is -2.18. The van der Waals surface area contributed by atoms with Crippen molar-refractivity contribution in [2.45, 2.75) is 46.0 Å². The average molecular weight is 309 g/mol. The zero-order valence-corrected chi connectivity index (χ0v) is 14.0. The highest BCUT2D eigenvalue weighted by atomic mass is 16.3. The highest BCUT2D eigenvalue weighted by molar-refractivity contribution is 5.73. The number of hydrogen-bond donors (Lipinski definition) is 1. The summed E-state index contributed by atoms with van der Waals surface area (Å²) in [6, 6.07) is 11.8. The van der Waals surface area contributed by atoms with E-state index in [9.17, 15) is 5.11 Å². The third kappa shape index (κ3) is 2.93. The van der Waals surface area contributed by atoms with Gasteiger partial charge in [0.2, 0.25) is 0 Å². The van der Waals surface area contributed by atoms with Crippen LogP contribution in [0.1, 0.15) is 50.2 Å². The molecule has 4 nitrogen and oxygen atoms in total. The summed E-state index contributed by atoms with van der Waals surface area (Å²) in [6.07, 6.45) is 3.19. The number of aromatic hydroxyl groups is 1. The fourth-order valence-corrected chi connectivity index (χ4v) is 3.15. The van der Waals surface area contributed by atoms with Gasteiger partial charge in [-0.25, -0.2) is 0 Å². The van der Waals surface area contributed by atoms with E-state index >= 15 is 0 Å². The number of phenolic OH excluding ortho intramolecular Hbond substituents is 1. The molecule has 0 aliphatic carbocycles. The van der Waals surface area contributed by atoms with Crippen molar-refractivity contribution < 1.29 is 5.11 Å². The van der Waals surface area contributed by atoms with Gasteiger partial charge in [-0.2, -0.15) is 0 Å². The molecule has 1 heterocycles. The zero-order chi connectivity index (χ0) is 16.4. The third-order valence-electron chi connectivity index (χ3n) is 4.34. The van der Waals surface area contributed by atoms with Crippen molar-refractivity contribution in [3.63, 3.8) is 0 Å². The predicted octanol–water partition coefficient (Wildman–Crippen LogP) is 4.73. The van der Waals surface area contributed by atoms with Crippen molar-refractivity contribution in [2.24, 2.45) is 0 Å². The van der Waals surface area contributed by atoms with E-state index in [2.05, 4.69) is 30.1 Å². The maximum atomic E-state index is 10.8. The van der Waals surface area contributed by atoms with Crippen LogP contribution in [0, 0.1) is 6.92 Å². The Morgan fingerprint density at radius 3 is 2.30 bits per heavy atom. The molecule has 0 radical (unpaired) electrons. The molecule has 0 amide bonds. The van der Waals surface area contributed by atoms with Crippen molar-refractivity contribution >= 4 is 11.0 Å². The van der Waals surface area contributed by atoms with Crippen LogP contribution >= 0.6 is 0 Å². The molecule has 0 aliphatic rings. The van der Waals surface area contributed by atoms with Gasteiger partial charge in [0, 0.05) is 0 Å². The molecule has 4 heteroatoms. The molecular weight excluding hydrogens is 286 g/mol. The van der Waals surface area contributed by atoms with Gasteiger partial charge in [-0.1, -0.05) is 38.5 Å². The maximum Gasteiger partial charge on any atom is 0.146 e. The molecule has 1 unspecified atom stereocenters. The molecule has 3 aromatic rings. The van der Waals surface area contributed by atoms with Crippen LogP contribution < -0.4 is 0 Å². The number of rotatable bonds is 5. The minimum absolute atomic E-state index is 0.302. The molecule has 0 spiro atoms. The van der Waals surface area contributed by atoms with Crippen LogP contribution in [0.2, 0.25) is 0 Å². The highest BCUT2D eigenvalue weighted by Gasteiger charge is 2.18. The largest absolute Gasteiger partial charge is 0.505 e. The predicted molar refractivity (Wildman–Crippen MR) is 93.2 cm³/mol. The number of aromatic nitrogens is 3. The van der Waals surface area contributed by atoms with E-state index in [1.54, 1.807) is 4.80 Å². The van der Waals surface area contributed by atoms with Gasteiger partial charge in [0.1, 0.15) is 22.5 Å².